The van der Waals surface area contributed by atoms with Crippen molar-refractivity contribution in [1.29, 1.82) is 0 Å². The Labute approximate surface area is 172 Å². The normalized spacial score (nSPS) is 17.7. The van der Waals surface area contributed by atoms with Gasteiger partial charge in [-0.2, -0.15) is 0 Å². The summed E-state index contributed by atoms with van der Waals surface area (Å²) in [5, 5.41) is 11.2. The van der Waals surface area contributed by atoms with Crippen molar-refractivity contribution in [3.63, 3.8) is 0 Å². The summed E-state index contributed by atoms with van der Waals surface area (Å²) in [5.74, 6) is -0.0811. The van der Waals surface area contributed by atoms with Gasteiger partial charge < -0.3 is 0 Å². The maximum Gasteiger partial charge on any atom is 0.269 e. The molecule has 0 spiro atoms. The minimum Gasteiger partial charge on any atom is -0.273 e. The van der Waals surface area contributed by atoms with E-state index in [1.54, 1.807) is 17.0 Å². The third kappa shape index (κ3) is 4.20. The first-order chi connectivity index (χ1) is 14.1. The lowest BCUT2D eigenvalue weighted by Crippen LogP contribution is -2.32. The fraction of sp³-hybridized carbons (Fsp3) is 0.0909. The van der Waals surface area contributed by atoms with Crippen LogP contribution in [-0.2, 0) is 11.2 Å². The number of carbonyl (C=O) groups excluding carboxylic acids is 1. The first-order valence-corrected chi connectivity index (χ1v) is 9.92. The van der Waals surface area contributed by atoms with Gasteiger partial charge in [0.1, 0.15) is 0 Å². The number of amidine groups is 1. The monoisotopic (exact) mass is 403 g/mol. The predicted octanol–water partition coefficient (Wildman–Crippen LogP) is 4.97. The molecule has 3 aromatic carbocycles. The molecule has 144 valence electrons. The molecule has 1 heterocycles. The summed E-state index contributed by atoms with van der Waals surface area (Å²) in [7, 11) is 0. The van der Waals surface area contributed by atoms with Gasteiger partial charge in [-0.25, -0.2) is 4.99 Å². The molecule has 7 heteroatoms. The minimum atomic E-state index is -0.425. The molecule has 0 N–H and O–H groups in total. The van der Waals surface area contributed by atoms with Crippen LogP contribution in [0.3, 0.4) is 0 Å². The summed E-state index contributed by atoms with van der Waals surface area (Å²) in [6.45, 7) is 0. The van der Waals surface area contributed by atoms with Crippen molar-refractivity contribution in [1.82, 2.24) is 0 Å². The molecule has 6 nitrogen and oxygen atoms in total. The lowest BCUT2D eigenvalue weighted by molar-refractivity contribution is -0.384. The average molecular weight is 403 g/mol. The quantitative estimate of drug-likeness (QED) is 0.445. The Morgan fingerprint density at radius 1 is 0.966 bits per heavy atom. The smallest absolute Gasteiger partial charge is 0.269 e. The number of amides is 1. The molecule has 0 radical (unpaired) electrons. The Balaban J connectivity index is 1.67. The summed E-state index contributed by atoms with van der Waals surface area (Å²) < 4.78 is 0. The molecule has 1 amide bonds. The molecule has 1 aliphatic heterocycles. The van der Waals surface area contributed by atoms with Crippen LogP contribution in [-0.4, -0.2) is 21.2 Å². The maximum absolute atomic E-state index is 13.2. The number of anilines is 1. The zero-order valence-electron chi connectivity index (χ0n) is 15.3. The van der Waals surface area contributed by atoms with Gasteiger partial charge in [-0.1, -0.05) is 60.3 Å². The number of aliphatic imine (C=N–C) groups is 1. The number of para-hydroxylation sites is 2. The second kappa shape index (κ2) is 8.28. The van der Waals surface area contributed by atoms with Crippen LogP contribution < -0.4 is 4.90 Å². The molecule has 1 saturated heterocycles. The second-order valence-electron chi connectivity index (χ2n) is 6.48. The molecular formula is C22H17N3O3S. The van der Waals surface area contributed by atoms with E-state index in [1.165, 1.54) is 23.9 Å². The number of benzene rings is 3. The first-order valence-electron chi connectivity index (χ1n) is 9.04. The Hall–Kier alpha value is -3.45. The molecule has 3 aromatic rings. The van der Waals surface area contributed by atoms with Crippen LogP contribution in [0.2, 0.25) is 0 Å². The zero-order valence-corrected chi connectivity index (χ0v) is 16.2. The van der Waals surface area contributed by atoms with E-state index in [0.29, 0.717) is 11.6 Å². The Morgan fingerprint density at radius 2 is 1.66 bits per heavy atom. The summed E-state index contributed by atoms with van der Waals surface area (Å²) in [6, 6.07) is 25.3. The van der Waals surface area contributed by atoms with Gasteiger partial charge in [0.25, 0.3) is 5.69 Å². The third-order valence-electron chi connectivity index (χ3n) is 4.47. The van der Waals surface area contributed by atoms with Gasteiger partial charge in [0.2, 0.25) is 5.91 Å². The highest BCUT2D eigenvalue weighted by molar-refractivity contribution is 8.16. The van der Waals surface area contributed by atoms with Gasteiger partial charge in [0.15, 0.2) is 5.17 Å². The molecule has 0 saturated carbocycles. The molecule has 4 rings (SSSR count). The van der Waals surface area contributed by atoms with Crippen molar-refractivity contribution < 1.29 is 9.72 Å². The number of hydrogen-bond donors (Lipinski definition) is 0. The SMILES string of the molecule is O=C1C(Cc2cccc([N+](=O)[O-])c2)SC(=Nc2ccccc2)N1c1ccccc1. The van der Waals surface area contributed by atoms with E-state index in [2.05, 4.69) is 4.99 Å². The fourth-order valence-electron chi connectivity index (χ4n) is 3.11. The standard InChI is InChI=1S/C22H17N3O3S/c26-21-20(15-16-8-7-13-19(14-16)25(27)28)29-22(23-17-9-3-1-4-10-17)24(21)18-11-5-2-6-12-18/h1-14,20H,15H2. The molecule has 1 aliphatic rings. The number of nitro benzene ring substituents is 1. The van der Waals surface area contributed by atoms with E-state index in [1.807, 2.05) is 60.7 Å². The largest absolute Gasteiger partial charge is 0.273 e. The lowest BCUT2D eigenvalue weighted by Gasteiger charge is -2.16. The summed E-state index contributed by atoms with van der Waals surface area (Å²) in [5.41, 5.74) is 2.29. The Kier molecular flexibility index (Phi) is 5.39. The van der Waals surface area contributed by atoms with E-state index >= 15 is 0 Å². The van der Waals surface area contributed by atoms with E-state index in [9.17, 15) is 14.9 Å². The van der Waals surface area contributed by atoms with Crippen molar-refractivity contribution in [3.05, 3.63) is 101 Å². The third-order valence-corrected chi connectivity index (χ3v) is 5.61. The number of carbonyl (C=O) groups is 1. The van der Waals surface area contributed by atoms with E-state index in [-0.39, 0.29) is 11.6 Å². The van der Waals surface area contributed by atoms with Crippen LogP contribution in [0.4, 0.5) is 17.1 Å². The van der Waals surface area contributed by atoms with Crippen molar-refractivity contribution >= 4 is 39.9 Å². The molecular weight excluding hydrogens is 386 g/mol. The summed E-state index contributed by atoms with van der Waals surface area (Å²) >= 11 is 1.38. The molecule has 1 atom stereocenters. The van der Waals surface area contributed by atoms with Gasteiger partial charge >= 0.3 is 0 Å². The van der Waals surface area contributed by atoms with Gasteiger partial charge in [0, 0.05) is 12.1 Å². The highest BCUT2D eigenvalue weighted by Crippen LogP contribution is 2.35. The van der Waals surface area contributed by atoms with E-state index in [0.717, 1.165) is 16.9 Å². The van der Waals surface area contributed by atoms with Gasteiger partial charge in [-0.15, -0.1) is 0 Å². The number of thioether (sulfide) groups is 1. The molecule has 0 aromatic heterocycles. The van der Waals surface area contributed by atoms with Crippen LogP contribution in [0.5, 0.6) is 0 Å². The maximum atomic E-state index is 13.2. The van der Waals surface area contributed by atoms with E-state index in [4.69, 9.17) is 0 Å². The number of rotatable bonds is 5. The number of non-ortho nitro benzene ring substituents is 1. The zero-order chi connectivity index (χ0) is 20.2. The molecule has 29 heavy (non-hydrogen) atoms. The second-order valence-corrected chi connectivity index (χ2v) is 7.65. The van der Waals surface area contributed by atoms with Crippen LogP contribution >= 0.6 is 11.8 Å². The van der Waals surface area contributed by atoms with Crippen LogP contribution in [0.1, 0.15) is 5.56 Å². The van der Waals surface area contributed by atoms with Crippen molar-refractivity contribution in [3.8, 4) is 0 Å². The minimum absolute atomic E-state index is 0.0241. The number of hydrogen-bond acceptors (Lipinski definition) is 5. The van der Waals surface area contributed by atoms with Crippen molar-refractivity contribution in [2.45, 2.75) is 11.7 Å². The summed E-state index contributed by atoms with van der Waals surface area (Å²) in [6.07, 6.45) is 0.391. The molecule has 0 aliphatic carbocycles. The van der Waals surface area contributed by atoms with Crippen LogP contribution in [0.25, 0.3) is 0 Å². The van der Waals surface area contributed by atoms with Gasteiger partial charge in [0.05, 0.1) is 21.5 Å². The van der Waals surface area contributed by atoms with E-state index < -0.39 is 10.2 Å². The first kappa shape index (κ1) is 18.9. The molecule has 1 unspecified atom stereocenters. The van der Waals surface area contributed by atoms with Crippen LogP contribution in [0.15, 0.2) is 89.9 Å². The highest BCUT2D eigenvalue weighted by Gasteiger charge is 2.39. The van der Waals surface area contributed by atoms with Gasteiger partial charge in [-0.3, -0.25) is 19.8 Å². The molecule has 0 bridgehead atoms. The summed E-state index contributed by atoms with van der Waals surface area (Å²) in [4.78, 5) is 30.2. The lowest BCUT2D eigenvalue weighted by atomic mass is 10.1. The number of nitrogens with zero attached hydrogens (tertiary/aromatic N) is 3. The topological polar surface area (TPSA) is 75.8 Å². The predicted molar refractivity (Wildman–Crippen MR) is 116 cm³/mol. The van der Waals surface area contributed by atoms with Crippen LogP contribution in [0, 0.1) is 10.1 Å². The Morgan fingerprint density at radius 3 is 2.34 bits per heavy atom. The molecule has 1 fully saturated rings. The highest BCUT2D eigenvalue weighted by atomic mass is 32.2. The van der Waals surface area contributed by atoms with Crippen molar-refractivity contribution in [2.24, 2.45) is 4.99 Å². The van der Waals surface area contributed by atoms with Crippen molar-refractivity contribution in [2.75, 3.05) is 4.90 Å². The van der Waals surface area contributed by atoms with Gasteiger partial charge in [-0.05, 0) is 36.2 Å². The Bertz CT molecular complexity index is 1070. The number of nitro groups is 1. The fourth-order valence-corrected chi connectivity index (χ4v) is 4.31. The average Bonchev–Trinajstić information content (AvgIpc) is 3.04.